The Morgan fingerprint density at radius 1 is 1.27 bits per heavy atom. The lowest BCUT2D eigenvalue weighted by molar-refractivity contribution is -0.137. The van der Waals surface area contributed by atoms with Crippen LogP contribution in [0.4, 0.5) is 18.9 Å². The van der Waals surface area contributed by atoms with Gasteiger partial charge in [0.15, 0.2) is 0 Å². The first kappa shape index (κ1) is 11.9. The van der Waals surface area contributed by atoms with E-state index in [2.05, 4.69) is 0 Å². The van der Waals surface area contributed by atoms with E-state index in [-0.39, 0.29) is 11.3 Å². The number of anilines is 1. The number of aryl methyl sites for hydroxylation is 1. The standard InChI is InChI=1S/C8H9BF3NO2/c1-4-2-5(13)3-6(9(14)15)7(4)8(10,11)12/h2-3,14-15H,13H2,1H3. The quantitative estimate of drug-likeness (QED) is 0.469. The number of halogens is 3. The second-order valence-electron chi connectivity index (χ2n) is 3.17. The summed E-state index contributed by atoms with van der Waals surface area (Å²) in [6.07, 6.45) is -4.63. The summed E-state index contributed by atoms with van der Waals surface area (Å²) in [5.41, 5.74) is 3.57. The van der Waals surface area contributed by atoms with Crippen molar-refractivity contribution in [2.45, 2.75) is 13.1 Å². The first-order chi connectivity index (χ1) is 6.73. The fourth-order valence-electron chi connectivity index (χ4n) is 1.43. The lowest BCUT2D eigenvalue weighted by atomic mass is 9.75. The monoisotopic (exact) mass is 219 g/mol. The molecule has 0 radical (unpaired) electrons. The SMILES string of the molecule is Cc1cc(N)cc(B(O)O)c1C(F)(F)F. The number of rotatable bonds is 1. The third-order valence-corrected chi connectivity index (χ3v) is 1.95. The van der Waals surface area contributed by atoms with Crippen molar-refractivity contribution in [3.05, 3.63) is 23.3 Å². The predicted octanol–water partition coefficient (Wildman–Crippen LogP) is 0.276. The molecule has 0 fully saturated rings. The molecule has 3 nitrogen and oxygen atoms in total. The smallest absolute Gasteiger partial charge is 0.423 e. The van der Waals surface area contributed by atoms with E-state index in [0.717, 1.165) is 12.1 Å². The lowest BCUT2D eigenvalue weighted by Crippen LogP contribution is -2.37. The molecule has 1 aromatic carbocycles. The molecule has 1 aromatic rings. The van der Waals surface area contributed by atoms with Gasteiger partial charge in [-0.15, -0.1) is 0 Å². The maximum Gasteiger partial charge on any atom is 0.489 e. The summed E-state index contributed by atoms with van der Waals surface area (Å²) in [5.74, 6) is 0. The summed E-state index contributed by atoms with van der Waals surface area (Å²) in [7, 11) is -2.19. The Hall–Kier alpha value is -1.21. The van der Waals surface area contributed by atoms with Crippen LogP contribution in [0.15, 0.2) is 12.1 Å². The molecule has 4 N–H and O–H groups in total. The van der Waals surface area contributed by atoms with Crippen LogP contribution in [0, 0.1) is 6.92 Å². The fourth-order valence-corrected chi connectivity index (χ4v) is 1.43. The normalized spacial score (nSPS) is 11.6. The molecule has 0 bridgehead atoms. The summed E-state index contributed by atoms with van der Waals surface area (Å²) < 4.78 is 37.6. The summed E-state index contributed by atoms with van der Waals surface area (Å²) >= 11 is 0. The van der Waals surface area contributed by atoms with E-state index in [1.807, 2.05) is 0 Å². The van der Waals surface area contributed by atoms with Crippen molar-refractivity contribution in [1.29, 1.82) is 0 Å². The molecule has 0 aliphatic heterocycles. The van der Waals surface area contributed by atoms with Crippen LogP contribution in [-0.2, 0) is 6.18 Å². The zero-order chi connectivity index (χ0) is 11.8. The second kappa shape index (κ2) is 3.75. The van der Waals surface area contributed by atoms with Crippen LogP contribution < -0.4 is 11.2 Å². The maximum absolute atomic E-state index is 12.5. The van der Waals surface area contributed by atoms with Crippen LogP contribution in [0.1, 0.15) is 11.1 Å². The number of hydrogen-bond acceptors (Lipinski definition) is 3. The van der Waals surface area contributed by atoms with Gasteiger partial charge >= 0.3 is 13.3 Å². The third-order valence-electron chi connectivity index (χ3n) is 1.95. The third kappa shape index (κ3) is 2.43. The molecule has 0 spiro atoms. The molecule has 7 heteroatoms. The molecule has 0 aromatic heterocycles. The lowest BCUT2D eigenvalue weighted by Gasteiger charge is -2.15. The van der Waals surface area contributed by atoms with E-state index in [0.29, 0.717) is 0 Å². The van der Waals surface area contributed by atoms with Crippen LogP contribution in [-0.4, -0.2) is 17.2 Å². The van der Waals surface area contributed by atoms with Crippen molar-refractivity contribution >= 4 is 18.3 Å². The zero-order valence-corrected chi connectivity index (χ0v) is 7.84. The number of alkyl halides is 3. The Morgan fingerprint density at radius 3 is 2.20 bits per heavy atom. The summed E-state index contributed by atoms with van der Waals surface area (Å²) in [6.45, 7) is 1.21. The van der Waals surface area contributed by atoms with Crippen molar-refractivity contribution in [2.24, 2.45) is 0 Å². The van der Waals surface area contributed by atoms with E-state index in [1.165, 1.54) is 6.92 Å². The maximum atomic E-state index is 12.5. The minimum absolute atomic E-state index is 0.0589. The molecule has 1 rings (SSSR count). The van der Waals surface area contributed by atoms with Gasteiger partial charge in [-0.2, -0.15) is 13.2 Å². The predicted molar refractivity (Wildman–Crippen MR) is 50.4 cm³/mol. The molecule has 0 atom stereocenters. The van der Waals surface area contributed by atoms with Crippen LogP contribution in [0.3, 0.4) is 0 Å². The van der Waals surface area contributed by atoms with Crippen LogP contribution in [0.2, 0.25) is 0 Å². The van der Waals surface area contributed by atoms with Crippen LogP contribution in [0.25, 0.3) is 0 Å². The first-order valence-corrected chi connectivity index (χ1v) is 4.07. The highest BCUT2D eigenvalue weighted by Gasteiger charge is 2.37. The number of nitrogen functional groups attached to an aromatic ring is 1. The Bertz CT molecular complexity index is 379. The number of hydrogen-bond donors (Lipinski definition) is 3. The Morgan fingerprint density at radius 2 is 1.80 bits per heavy atom. The molecular formula is C8H9BF3NO2. The molecule has 15 heavy (non-hydrogen) atoms. The van der Waals surface area contributed by atoms with Gasteiger partial charge < -0.3 is 15.8 Å². The van der Waals surface area contributed by atoms with Gasteiger partial charge in [-0.25, -0.2) is 0 Å². The molecule has 82 valence electrons. The summed E-state index contributed by atoms with van der Waals surface area (Å²) in [5, 5.41) is 17.6. The van der Waals surface area contributed by atoms with Crippen molar-refractivity contribution in [2.75, 3.05) is 5.73 Å². The topological polar surface area (TPSA) is 66.5 Å². The first-order valence-electron chi connectivity index (χ1n) is 4.07. The van der Waals surface area contributed by atoms with Gasteiger partial charge in [0.2, 0.25) is 0 Å². The highest BCUT2D eigenvalue weighted by Crippen LogP contribution is 2.31. The summed E-state index contributed by atoms with van der Waals surface area (Å²) in [6, 6.07) is 2.04. The van der Waals surface area contributed by atoms with Crippen LogP contribution in [0.5, 0.6) is 0 Å². The molecule has 0 aliphatic carbocycles. The number of nitrogens with two attached hydrogens (primary N) is 1. The van der Waals surface area contributed by atoms with Gasteiger partial charge in [-0.1, -0.05) is 0 Å². The fraction of sp³-hybridized carbons (Fsp3) is 0.250. The Labute approximate surface area is 84.5 Å². The van der Waals surface area contributed by atoms with Gasteiger partial charge in [-0.3, -0.25) is 0 Å². The van der Waals surface area contributed by atoms with Crippen molar-refractivity contribution in [3.63, 3.8) is 0 Å². The van der Waals surface area contributed by atoms with E-state index in [1.54, 1.807) is 0 Å². The minimum atomic E-state index is -4.63. The van der Waals surface area contributed by atoms with Crippen molar-refractivity contribution < 1.29 is 23.2 Å². The number of benzene rings is 1. The Kier molecular flexibility index (Phi) is 2.96. The highest BCUT2D eigenvalue weighted by atomic mass is 19.4. The average molecular weight is 219 g/mol. The second-order valence-corrected chi connectivity index (χ2v) is 3.17. The molecule has 0 heterocycles. The molecule has 0 saturated heterocycles. The largest absolute Gasteiger partial charge is 0.489 e. The van der Waals surface area contributed by atoms with E-state index >= 15 is 0 Å². The van der Waals surface area contributed by atoms with Crippen LogP contribution >= 0.6 is 0 Å². The molecular weight excluding hydrogens is 210 g/mol. The average Bonchev–Trinajstić information content (AvgIpc) is 1.99. The van der Waals surface area contributed by atoms with Crippen molar-refractivity contribution in [1.82, 2.24) is 0 Å². The Balaban J connectivity index is 3.48. The van der Waals surface area contributed by atoms with Gasteiger partial charge in [0, 0.05) is 5.69 Å². The van der Waals surface area contributed by atoms with E-state index in [9.17, 15) is 13.2 Å². The van der Waals surface area contributed by atoms with E-state index < -0.39 is 24.3 Å². The van der Waals surface area contributed by atoms with Gasteiger partial charge in [0.05, 0.1) is 5.56 Å². The zero-order valence-electron chi connectivity index (χ0n) is 7.84. The minimum Gasteiger partial charge on any atom is -0.423 e. The summed E-state index contributed by atoms with van der Waals surface area (Å²) in [4.78, 5) is 0. The molecule has 0 amide bonds. The van der Waals surface area contributed by atoms with Gasteiger partial charge in [0.1, 0.15) is 0 Å². The van der Waals surface area contributed by atoms with Gasteiger partial charge in [0.25, 0.3) is 0 Å². The molecule has 0 aliphatic rings. The molecule has 0 saturated carbocycles. The highest BCUT2D eigenvalue weighted by molar-refractivity contribution is 6.59. The molecule has 0 unspecified atom stereocenters. The van der Waals surface area contributed by atoms with E-state index in [4.69, 9.17) is 15.8 Å². The van der Waals surface area contributed by atoms with Gasteiger partial charge in [-0.05, 0) is 30.1 Å². The van der Waals surface area contributed by atoms with Crippen molar-refractivity contribution in [3.8, 4) is 0 Å².